The number of nitrogens with one attached hydrogen (secondary N) is 2. The first-order valence-electron chi connectivity index (χ1n) is 16.3. The van der Waals surface area contributed by atoms with Crippen LogP contribution in [0.4, 0.5) is 5.69 Å². The Hall–Kier alpha value is -4.75. The Balaban J connectivity index is 1.48. The number of hydrogen-bond donors (Lipinski definition) is 3. The van der Waals surface area contributed by atoms with Crippen molar-refractivity contribution in [1.82, 2.24) is 25.1 Å². The number of carboxylic acid groups (broad SMARTS) is 1. The number of non-ortho nitro benzene ring substituents is 1. The molecule has 12 nitrogen and oxygen atoms in total. The fourth-order valence-corrected chi connectivity index (χ4v) is 6.13. The minimum absolute atomic E-state index is 0.0227. The lowest BCUT2D eigenvalue weighted by molar-refractivity contribution is -0.384. The number of aliphatic carboxylic acids is 1. The van der Waals surface area contributed by atoms with Crippen molar-refractivity contribution in [3.05, 3.63) is 106 Å². The molecule has 0 radical (unpaired) electrons. The molecule has 0 aliphatic carbocycles. The first kappa shape index (κ1) is 37.1. The Morgan fingerprint density at radius 2 is 1.78 bits per heavy atom. The average Bonchev–Trinajstić information content (AvgIpc) is 3.52. The van der Waals surface area contributed by atoms with Gasteiger partial charge in [-0.2, -0.15) is 11.8 Å². The van der Waals surface area contributed by atoms with Crippen molar-refractivity contribution in [2.45, 2.75) is 58.3 Å². The maximum absolute atomic E-state index is 13.4. The number of nitrogens with zero attached hydrogens (tertiary/aromatic N) is 4. The van der Waals surface area contributed by atoms with Crippen molar-refractivity contribution >= 4 is 46.0 Å². The molecule has 0 aliphatic rings. The van der Waals surface area contributed by atoms with E-state index in [0.29, 0.717) is 37.5 Å². The lowest BCUT2D eigenvalue weighted by Crippen LogP contribution is -2.51. The van der Waals surface area contributed by atoms with E-state index in [2.05, 4.69) is 29.5 Å². The van der Waals surface area contributed by atoms with Crippen LogP contribution in [0.3, 0.4) is 0 Å². The van der Waals surface area contributed by atoms with E-state index >= 15 is 0 Å². The molecule has 260 valence electrons. The second kappa shape index (κ2) is 18.1. The number of imidazole rings is 1. The first-order chi connectivity index (χ1) is 23.6. The van der Waals surface area contributed by atoms with Gasteiger partial charge in [-0.15, -0.1) is 0 Å². The van der Waals surface area contributed by atoms with Gasteiger partial charge in [0.1, 0.15) is 6.04 Å². The predicted molar refractivity (Wildman–Crippen MR) is 191 cm³/mol. The topological polar surface area (TPSA) is 160 Å². The van der Waals surface area contributed by atoms with Crippen molar-refractivity contribution < 1.29 is 24.4 Å². The van der Waals surface area contributed by atoms with Crippen molar-refractivity contribution in [3.63, 3.8) is 0 Å². The summed E-state index contributed by atoms with van der Waals surface area (Å²) in [5.41, 5.74) is 2.50. The SMILES string of the molecule is CC[C@H](C)[C@@H](CN(CC(=O)N[C@@H](CCSC)C(=O)O)Cc1cccc2ccccc12)NC(=O)Cc1cn(Cc2ccc([N+](=O)[O-])cc2)cn1. The van der Waals surface area contributed by atoms with Crippen LogP contribution in [0.1, 0.15) is 43.5 Å². The number of nitro groups is 1. The van der Waals surface area contributed by atoms with E-state index in [0.717, 1.165) is 28.3 Å². The number of fused-ring (bicyclic) bond motifs is 1. The van der Waals surface area contributed by atoms with E-state index in [1.54, 1.807) is 24.7 Å². The number of nitro benzene ring substituents is 1. The van der Waals surface area contributed by atoms with Gasteiger partial charge in [-0.1, -0.05) is 74.9 Å². The summed E-state index contributed by atoms with van der Waals surface area (Å²) in [6.07, 6.45) is 6.47. The monoisotopic (exact) mass is 688 g/mol. The number of benzene rings is 3. The Kier molecular flexibility index (Phi) is 13.7. The van der Waals surface area contributed by atoms with Gasteiger partial charge in [0.2, 0.25) is 11.8 Å². The molecule has 49 heavy (non-hydrogen) atoms. The van der Waals surface area contributed by atoms with Gasteiger partial charge in [0.25, 0.3) is 5.69 Å². The van der Waals surface area contributed by atoms with Gasteiger partial charge in [0, 0.05) is 44.0 Å². The highest BCUT2D eigenvalue weighted by Crippen LogP contribution is 2.21. The van der Waals surface area contributed by atoms with Gasteiger partial charge < -0.3 is 20.3 Å². The van der Waals surface area contributed by atoms with Gasteiger partial charge in [0.05, 0.1) is 29.9 Å². The Labute approximate surface area is 290 Å². The predicted octanol–water partition coefficient (Wildman–Crippen LogP) is 4.89. The minimum atomic E-state index is -1.07. The van der Waals surface area contributed by atoms with Crippen LogP contribution in [0, 0.1) is 16.0 Å². The molecule has 3 atom stereocenters. The standard InChI is InChI=1S/C36H44N6O6S/c1-4-25(2)33(39-34(43)18-29-21-41(24-37-29)19-26-12-14-30(15-13-26)42(47)48)22-40(23-35(44)38-32(36(45)46)16-17-49-3)20-28-10-7-9-27-8-5-6-11-31(27)28/h5-15,21,24-25,32-33H,4,16-20,22-23H2,1-3H3,(H,38,44)(H,39,43)(H,45,46)/t25-,32-,33+/m0/s1. The zero-order valence-electron chi connectivity index (χ0n) is 28.1. The molecule has 2 amide bonds. The van der Waals surface area contributed by atoms with E-state index in [1.807, 2.05) is 58.2 Å². The molecule has 3 N–H and O–H groups in total. The van der Waals surface area contributed by atoms with Gasteiger partial charge in [0.15, 0.2) is 0 Å². The quantitative estimate of drug-likeness (QED) is 0.0921. The summed E-state index contributed by atoms with van der Waals surface area (Å²) in [4.78, 5) is 55.4. The second-order valence-corrected chi connectivity index (χ2v) is 13.2. The summed E-state index contributed by atoms with van der Waals surface area (Å²) in [6.45, 7) is 5.31. The molecule has 3 aromatic carbocycles. The van der Waals surface area contributed by atoms with Gasteiger partial charge in [-0.25, -0.2) is 9.78 Å². The van der Waals surface area contributed by atoms with Crippen LogP contribution < -0.4 is 10.6 Å². The fraction of sp³-hybridized carbons (Fsp3) is 0.389. The fourth-order valence-electron chi connectivity index (χ4n) is 5.66. The third-order valence-corrected chi connectivity index (χ3v) is 9.20. The van der Waals surface area contributed by atoms with Crippen LogP contribution in [-0.4, -0.2) is 79.4 Å². The third kappa shape index (κ3) is 11.1. The Bertz CT molecular complexity index is 1720. The lowest BCUT2D eigenvalue weighted by atomic mass is 9.97. The van der Waals surface area contributed by atoms with E-state index in [-0.39, 0.29) is 42.4 Å². The summed E-state index contributed by atoms with van der Waals surface area (Å²) >= 11 is 1.52. The molecule has 0 saturated carbocycles. The van der Waals surface area contributed by atoms with Crippen LogP contribution in [0.25, 0.3) is 10.8 Å². The molecule has 0 bridgehead atoms. The zero-order valence-corrected chi connectivity index (χ0v) is 28.9. The van der Waals surface area contributed by atoms with E-state index in [4.69, 9.17) is 0 Å². The molecule has 0 spiro atoms. The molecule has 1 heterocycles. The minimum Gasteiger partial charge on any atom is -0.480 e. The molecular weight excluding hydrogens is 644 g/mol. The lowest BCUT2D eigenvalue weighted by Gasteiger charge is -2.31. The van der Waals surface area contributed by atoms with Gasteiger partial charge in [-0.3, -0.25) is 24.6 Å². The Morgan fingerprint density at radius 1 is 1.04 bits per heavy atom. The van der Waals surface area contributed by atoms with Gasteiger partial charge >= 0.3 is 5.97 Å². The van der Waals surface area contributed by atoms with Crippen molar-refractivity contribution in [2.75, 3.05) is 25.1 Å². The van der Waals surface area contributed by atoms with Crippen molar-refractivity contribution in [3.8, 4) is 0 Å². The highest BCUT2D eigenvalue weighted by atomic mass is 32.2. The molecule has 0 fully saturated rings. The number of amides is 2. The summed E-state index contributed by atoms with van der Waals surface area (Å²) < 4.78 is 1.82. The zero-order chi connectivity index (χ0) is 35.3. The number of thioether (sulfide) groups is 1. The molecule has 0 saturated heterocycles. The molecule has 4 aromatic rings. The molecule has 0 aliphatic heterocycles. The van der Waals surface area contributed by atoms with E-state index < -0.39 is 16.9 Å². The van der Waals surface area contributed by atoms with Crippen molar-refractivity contribution in [2.24, 2.45) is 5.92 Å². The van der Waals surface area contributed by atoms with Crippen LogP contribution in [0.5, 0.6) is 0 Å². The summed E-state index contributed by atoms with van der Waals surface area (Å²) in [5, 5.41) is 28.7. The number of rotatable bonds is 19. The third-order valence-electron chi connectivity index (χ3n) is 8.56. The average molecular weight is 689 g/mol. The number of carbonyl (C=O) groups excluding carboxylic acids is 2. The smallest absolute Gasteiger partial charge is 0.326 e. The number of carbonyl (C=O) groups is 3. The first-order valence-corrected chi connectivity index (χ1v) is 17.7. The maximum Gasteiger partial charge on any atom is 0.326 e. The van der Waals surface area contributed by atoms with Crippen LogP contribution in [0.2, 0.25) is 0 Å². The maximum atomic E-state index is 13.4. The van der Waals surface area contributed by atoms with Crippen LogP contribution >= 0.6 is 11.8 Å². The molecule has 0 unspecified atom stereocenters. The second-order valence-electron chi connectivity index (χ2n) is 12.2. The van der Waals surface area contributed by atoms with E-state index in [9.17, 15) is 29.6 Å². The molecular formula is C36H44N6O6S. The van der Waals surface area contributed by atoms with Crippen LogP contribution in [-0.2, 0) is 33.9 Å². The largest absolute Gasteiger partial charge is 0.480 e. The summed E-state index contributed by atoms with van der Waals surface area (Å²) in [7, 11) is 0. The molecule has 13 heteroatoms. The molecule has 1 aromatic heterocycles. The highest BCUT2D eigenvalue weighted by molar-refractivity contribution is 7.98. The molecule has 4 rings (SSSR count). The number of carboxylic acids is 1. The summed E-state index contributed by atoms with van der Waals surface area (Å²) in [5.74, 6) is -0.975. The number of aromatic nitrogens is 2. The van der Waals surface area contributed by atoms with Crippen molar-refractivity contribution in [1.29, 1.82) is 0 Å². The Morgan fingerprint density at radius 3 is 2.47 bits per heavy atom. The van der Waals surface area contributed by atoms with Crippen LogP contribution in [0.15, 0.2) is 79.3 Å². The normalized spacial score (nSPS) is 13.1. The summed E-state index contributed by atoms with van der Waals surface area (Å²) in [6, 6.07) is 19.1. The number of hydrogen-bond acceptors (Lipinski definition) is 8. The van der Waals surface area contributed by atoms with Gasteiger partial charge in [-0.05, 0) is 46.2 Å². The van der Waals surface area contributed by atoms with E-state index in [1.165, 1.54) is 23.9 Å². The highest BCUT2D eigenvalue weighted by Gasteiger charge is 2.26.